The molecular formula is C21H32O. The summed E-state index contributed by atoms with van der Waals surface area (Å²) in [5.74, 6) is 0.314. The molecular weight excluding hydrogens is 268 g/mol. The molecule has 0 unspecified atom stereocenters. The van der Waals surface area contributed by atoms with E-state index in [1.165, 1.54) is 68.9 Å². The second-order valence-electron chi connectivity index (χ2n) is 6.29. The first kappa shape index (κ1) is 18.6. The Bertz CT molecular complexity index is 455. The zero-order valence-electron chi connectivity index (χ0n) is 14.2. The minimum Gasteiger partial charge on any atom is -0.505 e. The molecule has 0 aliphatic rings. The van der Waals surface area contributed by atoms with E-state index in [-0.39, 0.29) is 0 Å². The third-order valence-corrected chi connectivity index (χ3v) is 4.17. The normalized spacial score (nSPS) is 10.4. The number of unbranched alkanes of at least 4 members (excludes halogenated alkanes) is 8. The highest BCUT2D eigenvalue weighted by Gasteiger charge is 1.96. The average molecular weight is 300 g/mol. The molecule has 0 spiro atoms. The number of aliphatic hydroxyl groups is 1. The molecule has 0 aliphatic carbocycles. The van der Waals surface area contributed by atoms with Crippen LogP contribution < -0.4 is 0 Å². The van der Waals surface area contributed by atoms with Crippen LogP contribution in [0.2, 0.25) is 0 Å². The fourth-order valence-corrected chi connectivity index (χ4v) is 2.82. The second kappa shape index (κ2) is 12.1. The van der Waals surface area contributed by atoms with Crippen molar-refractivity contribution in [3.63, 3.8) is 0 Å². The van der Waals surface area contributed by atoms with Gasteiger partial charge in [-0.25, -0.2) is 0 Å². The van der Waals surface area contributed by atoms with Gasteiger partial charge in [-0.15, -0.1) is 0 Å². The molecule has 0 aliphatic heterocycles. The van der Waals surface area contributed by atoms with E-state index in [4.69, 9.17) is 0 Å². The molecule has 0 atom stereocenters. The number of allylic oxidation sites excluding steroid dienone is 1. The summed E-state index contributed by atoms with van der Waals surface area (Å²) in [5, 5.41) is 9.22. The SMILES string of the molecule is C=C=C(O)CCCCCCCCCCCc1cccc(C)c1. The summed E-state index contributed by atoms with van der Waals surface area (Å²) >= 11 is 0. The van der Waals surface area contributed by atoms with Crippen molar-refractivity contribution < 1.29 is 5.11 Å². The van der Waals surface area contributed by atoms with Crippen LogP contribution in [-0.2, 0) is 6.42 Å². The Morgan fingerprint density at radius 1 is 0.955 bits per heavy atom. The maximum Gasteiger partial charge on any atom is 0.134 e. The summed E-state index contributed by atoms with van der Waals surface area (Å²) in [4.78, 5) is 0. The highest BCUT2D eigenvalue weighted by Crippen LogP contribution is 2.13. The van der Waals surface area contributed by atoms with E-state index in [0.29, 0.717) is 5.76 Å². The van der Waals surface area contributed by atoms with Crippen LogP contribution in [-0.4, -0.2) is 5.11 Å². The van der Waals surface area contributed by atoms with Gasteiger partial charge in [0.25, 0.3) is 0 Å². The van der Waals surface area contributed by atoms with Gasteiger partial charge in [-0.2, -0.15) is 0 Å². The van der Waals surface area contributed by atoms with Crippen molar-refractivity contribution in [1.29, 1.82) is 0 Å². The molecule has 0 saturated carbocycles. The van der Waals surface area contributed by atoms with Crippen molar-refractivity contribution in [2.75, 3.05) is 0 Å². The molecule has 0 aromatic heterocycles. The molecule has 1 nitrogen and oxygen atoms in total. The largest absolute Gasteiger partial charge is 0.505 e. The Balaban J connectivity index is 1.87. The van der Waals surface area contributed by atoms with E-state index in [9.17, 15) is 5.11 Å². The highest BCUT2D eigenvalue weighted by molar-refractivity contribution is 5.22. The molecule has 1 aromatic rings. The van der Waals surface area contributed by atoms with Crippen LogP contribution in [0.25, 0.3) is 0 Å². The Morgan fingerprint density at radius 2 is 1.55 bits per heavy atom. The van der Waals surface area contributed by atoms with Crippen molar-refractivity contribution in [3.8, 4) is 0 Å². The monoisotopic (exact) mass is 300 g/mol. The molecule has 0 heterocycles. The Morgan fingerprint density at radius 3 is 2.14 bits per heavy atom. The van der Waals surface area contributed by atoms with Gasteiger partial charge in [-0.3, -0.25) is 0 Å². The van der Waals surface area contributed by atoms with E-state index >= 15 is 0 Å². The number of benzene rings is 1. The predicted molar refractivity (Wildman–Crippen MR) is 96.3 cm³/mol. The zero-order chi connectivity index (χ0) is 16.0. The first-order valence-corrected chi connectivity index (χ1v) is 8.86. The molecule has 0 fully saturated rings. The fraction of sp³-hybridized carbons (Fsp3) is 0.571. The lowest BCUT2D eigenvalue weighted by atomic mass is 10.0. The molecule has 1 aromatic carbocycles. The Labute approximate surface area is 136 Å². The summed E-state index contributed by atoms with van der Waals surface area (Å²) < 4.78 is 0. The van der Waals surface area contributed by atoms with E-state index in [2.05, 4.69) is 43.5 Å². The highest BCUT2D eigenvalue weighted by atomic mass is 16.3. The van der Waals surface area contributed by atoms with Gasteiger partial charge in [0.2, 0.25) is 0 Å². The van der Waals surface area contributed by atoms with Crippen LogP contribution in [0.1, 0.15) is 75.3 Å². The average Bonchev–Trinajstić information content (AvgIpc) is 2.52. The summed E-state index contributed by atoms with van der Waals surface area (Å²) in [5.41, 5.74) is 5.39. The molecule has 0 bridgehead atoms. The standard InChI is InChI=1S/C21H32O/c1-3-21(22)17-12-10-8-6-4-5-7-9-11-15-20-16-13-14-19(2)18-20/h13-14,16,18,22H,1,4-12,15,17H2,2H3. The summed E-state index contributed by atoms with van der Waals surface area (Å²) in [6.07, 6.45) is 13.6. The molecule has 0 saturated heterocycles. The van der Waals surface area contributed by atoms with Gasteiger partial charge < -0.3 is 5.11 Å². The molecule has 1 rings (SSSR count). The summed E-state index contributed by atoms with van der Waals surface area (Å²) in [6, 6.07) is 8.87. The van der Waals surface area contributed by atoms with Crippen LogP contribution in [0.3, 0.4) is 0 Å². The second-order valence-corrected chi connectivity index (χ2v) is 6.29. The van der Waals surface area contributed by atoms with Crippen molar-refractivity contribution in [1.82, 2.24) is 0 Å². The van der Waals surface area contributed by atoms with Crippen LogP contribution in [0.5, 0.6) is 0 Å². The zero-order valence-corrected chi connectivity index (χ0v) is 14.2. The van der Waals surface area contributed by atoms with Gasteiger partial charge in [0, 0.05) is 6.42 Å². The van der Waals surface area contributed by atoms with Gasteiger partial charge in [0.1, 0.15) is 5.76 Å². The van der Waals surface area contributed by atoms with Crippen molar-refractivity contribution in [3.05, 3.63) is 53.5 Å². The topological polar surface area (TPSA) is 20.2 Å². The van der Waals surface area contributed by atoms with Gasteiger partial charge in [-0.05, 0) is 31.7 Å². The van der Waals surface area contributed by atoms with Crippen molar-refractivity contribution in [2.45, 2.75) is 77.6 Å². The minimum atomic E-state index is 0.314. The van der Waals surface area contributed by atoms with Gasteiger partial charge in [0.05, 0.1) is 0 Å². The van der Waals surface area contributed by atoms with E-state index in [1.807, 2.05) is 0 Å². The lowest BCUT2D eigenvalue weighted by Crippen LogP contribution is -1.87. The molecule has 122 valence electrons. The third-order valence-electron chi connectivity index (χ3n) is 4.17. The first-order valence-electron chi connectivity index (χ1n) is 8.86. The summed E-state index contributed by atoms with van der Waals surface area (Å²) in [6.45, 7) is 5.60. The minimum absolute atomic E-state index is 0.314. The van der Waals surface area contributed by atoms with Gasteiger partial charge in [-0.1, -0.05) is 87.1 Å². The lowest BCUT2D eigenvalue weighted by molar-refractivity contribution is 0.381. The quantitative estimate of drug-likeness (QED) is 0.260. The number of aryl methyl sites for hydroxylation is 2. The Kier molecular flexibility index (Phi) is 10.2. The molecule has 1 heteroatoms. The maximum absolute atomic E-state index is 9.22. The number of hydrogen-bond donors (Lipinski definition) is 1. The van der Waals surface area contributed by atoms with Crippen molar-refractivity contribution in [2.24, 2.45) is 0 Å². The van der Waals surface area contributed by atoms with Crippen LogP contribution >= 0.6 is 0 Å². The van der Waals surface area contributed by atoms with Crippen LogP contribution in [0.4, 0.5) is 0 Å². The third kappa shape index (κ3) is 9.47. The number of hydrogen-bond acceptors (Lipinski definition) is 1. The maximum atomic E-state index is 9.22. The molecule has 0 amide bonds. The summed E-state index contributed by atoms with van der Waals surface area (Å²) in [7, 11) is 0. The fourth-order valence-electron chi connectivity index (χ4n) is 2.82. The molecule has 22 heavy (non-hydrogen) atoms. The molecule has 1 N–H and O–H groups in total. The van der Waals surface area contributed by atoms with Crippen molar-refractivity contribution >= 4 is 0 Å². The number of aliphatic hydroxyl groups excluding tert-OH is 1. The predicted octanol–water partition coefficient (Wildman–Crippen LogP) is 6.67. The smallest absolute Gasteiger partial charge is 0.134 e. The first-order chi connectivity index (χ1) is 10.7. The van der Waals surface area contributed by atoms with E-state index in [1.54, 1.807) is 0 Å². The Hall–Kier alpha value is -1.46. The van der Waals surface area contributed by atoms with E-state index < -0.39 is 0 Å². The molecule has 0 radical (unpaired) electrons. The van der Waals surface area contributed by atoms with Crippen LogP contribution in [0, 0.1) is 6.92 Å². The van der Waals surface area contributed by atoms with Crippen LogP contribution in [0.15, 0.2) is 42.3 Å². The van der Waals surface area contributed by atoms with Gasteiger partial charge in [0.15, 0.2) is 0 Å². The van der Waals surface area contributed by atoms with E-state index in [0.717, 1.165) is 12.8 Å². The lowest BCUT2D eigenvalue weighted by Gasteiger charge is -2.04. The number of rotatable bonds is 12. The van der Waals surface area contributed by atoms with Gasteiger partial charge >= 0.3 is 0 Å².